The number of aromatic nitrogens is 2. The van der Waals surface area contributed by atoms with Crippen molar-refractivity contribution >= 4 is 45.1 Å². The lowest BCUT2D eigenvalue weighted by Gasteiger charge is -2.21. The van der Waals surface area contributed by atoms with Gasteiger partial charge in [0, 0.05) is 0 Å². The molecule has 0 saturated carbocycles. The predicted octanol–water partition coefficient (Wildman–Crippen LogP) is -0.949. The highest BCUT2D eigenvalue weighted by atomic mass is 32.1. The molecule has 0 unspecified atom stereocenters. The van der Waals surface area contributed by atoms with Crippen molar-refractivity contribution in [1.82, 2.24) is 9.97 Å². The smallest absolute Gasteiger partial charge is 0.237 e. The third kappa shape index (κ3) is 2.88. The Morgan fingerprint density at radius 1 is 1.21 bits per heavy atom. The normalized spacial score (nSPS) is 10.5. The Balaban J connectivity index is 2.50. The van der Waals surface area contributed by atoms with Crippen LogP contribution in [0.2, 0.25) is 0 Å². The molecule has 9 heteroatoms. The monoisotopic (exact) mass is 280 g/mol. The molecule has 0 atom stereocenters. The Kier molecular flexibility index (Phi) is 3.47. The standard InChI is InChI=1S/C10H12N6O2S/c11-6(17)3-16(4-7(12)18)8-5-1-2-19-9(5)15-10(13)14-8/h1-2H,3-4H2,(H2,11,17)(H2,12,18)(H2,13,14,15). The first-order chi connectivity index (χ1) is 8.97. The van der Waals surface area contributed by atoms with Crippen LogP contribution < -0.4 is 22.1 Å². The number of thiophene rings is 1. The van der Waals surface area contributed by atoms with Gasteiger partial charge in [-0.3, -0.25) is 9.59 Å². The summed E-state index contributed by atoms with van der Waals surface area (Å²) < 4.78 is 0. The van der Waals surface area contributed by atoms with Crippen molar-refractivity contribution in [3.8, 4) is 0 Å². The van der Waals surface area contributed by atoms with Crippen LogP contribution in [0.4, 0.5) is 11.8 Å². The van der Waals surface area contributed by atoms with Crippen LogP contribution >= 0.6 is 11.3 Å². The summed E-state index contributed by atoms with van der Waals surface area (Å²) in [7, 11) is 0. The number of amides is 2. The average molecular weight is 280 g/mol. The summed E-state index contributed by atoms with van der Waals surface area (Å²) in [5, 5.41) is 2.51. The lowest BCUT2D eigenvalue weighted by Crippen LogP contribution is -2.40. The van der Waals surface area contributed by atoms with Crippen molar-refractivity contribution in [2.75, 3.05) is 23.7 Å². The minimum atomic E-state index is -0.596. The van der Waals surface area contributed by atoms with E-state index in [-0.39, 0.29) is 19.0 Å². The van der Waals surface area contributed by atoms with Gasteiger partial charge in [0.05, 0.1) is 18.5 Å². The van der Waals surface area contributed by atoms with Crippen LogP contribution in [0.1, 0.15) is 0 Å². The van der Waals surface area contributed by atoms with E-state index in [1.807, 2.05) is 5.38 Å². The molecule has 6 N–H and O–H groups in total. The first-order valence-corrected chi connectivity index (χ1v) is 6.17. The Labute approximate surface area is 112 Å². The first-order valence-electron chi connectivity index (χ1n) is 5.29. The van der Waals surface area contributed by atoms with Crippen molar-refractivity contribution in [2.24, 2.45) is 11.5 Å². The molecule has 19 heavy (non-hydrogen) atoms. The molecule has 0 aliphatic carbocycles. The second-order valence-corrected chi connectivity index (χ2v) is 4.73. The van der Waals surface area contributed by atoms with Crippen LogP contribution in [0, 0.1) is 0 Å². The van der Waals surface area contributed by atoms with Crippen molar-refractivity contribution in [2.45, 2.75) is 0 Å². The fraction of sp³-hybridized carbons (Fsp3) is 0.200. The zero-order valence-corrected chi connectivity index (χ0v) is 10.7. The molecule has 0 aliphatic heterocycles. The molecule has 0 aromatic carbocycles. The lowest BCUT2D eigenvalue weighted by atomic mass is 10.3. The van der Waals surface area contributed by atoms with Crippen LogP contribution in [0.5, 0.6) is 0 Å². The number of hydrogen-bond acceptors (Lipinski definition) is 7. The van der Waals surface area contributed by atoms with Gasteiger partial charge in [-0.25, -0.2) is 4.98 Å². The summed E-state index contributed by atoms with van der Waals surface area (Å²) in [4.78, 5) is 32.3. The second kappa shape index (κ2) is 5.06. The summed E-state index contributed by atoms with van der Waals surface area (Å²) in [5.41, 5.74) is 15.9. The molecule has 0 bridgehead atoms. The molecule has 8 nitrogen and oxygen atoms in total. The molecule has 0 fully saturated rings. The minimum Gasteiger partial charge on any atom is -0.368 e. The third-order valence-electron chi connectivity index (χ3n) is 2.32. The maximum atomic E-state index is 11.1. The SMILES string of the molecule is NC(=O)CN(CC(N)=O)c1nc(N)nc2sccc12. The van der Waals surface area contributed by atoms with E-state index in [0.717, 1.165) is 0 Å². The maximum absolute atomic E-state index is 11.1. The van der Waals surface area contributed by atoms with Gasteiger partial charge in [0.2, 0.25) is 17.8 Å². The van der Waals surface area contributed by atoms with Crippen molar-refractivity contribution in [3.05, 3.63) is 11.4 Å². The molecule has 2 aromatic heterocycles. The highest BCUT2D eigenvalue weighted by Gasteiger charge is 2.18. The van der Waals surface area contributed by atoms with E-state index in [0.29, 0.717) is 16.0 Å². The molecule has 0 aliphatic rings. The lowest BCUT2D eigenvalue weighted by molar-refractivity contribution is -0.117. The van der Waals surface area contributed by atoms with Gasteiger partial charge in [-0.15, -0.1) is 11.3 Å². The van der Waals surface area contributed by atoms with E-state index in [2.05, 4.69) is 9.97 Å². The third-order valence-corrected chi connectivity index (χ3v) is 3.12. The minimum absolute atomic E-state index is 0.0592. The average Bonchev–Trinajstić information content (AvgIpc) is 2.73. The van der Waals surface area contributed by atoms with Gasteiger partial charge < -0.3 is 22.1 Å². The Hall–Kier alpha value is -2.42. The molecule has 100 valence electrons. The number of carbonyl (C=O) groups is 2. The van der Waals surface area contributed by atoms with E-state index >= 15 is 0 Å². The van der Waals surface area contributed by atoms with Crippen LogP contribution in [-0.4, -0.2) is 34.9 Å². The summed E-state index contributed by atoms with van der Waals surface area (Å²) >= 11 is 1.38. The number of hydrogen-bond donors (Lipinski definition) is 3. The molecule has 0 spiro atoms. The number of nitrogen functional groups attached to an aromatic ring is 1. The number of nitrogens with two attached hydrogens (primary N) is 3. The zero-order valence-electron chi connectivity index (χ0n) is 9.87. The summed E-state index contributed by atoms with van der Waals surface area (Å²) in [6.45, 7) is -0.353. The molecular formula is C10H12N6O2S. The predicted molar refractivity (Wildman–Crippen MR) is 72.4 cm³/mol. The van der Waals surface area contributed by atoms with Gasteiger partial charge in [-0.05, 0) is 11.4 Å². The number of rotatable bonds is 5. The highest BCUT2D eigenvalue weighted by Crippen LogP contribution is 2.28. The molecule has 2 aromatic rings. The van der Waals surface area contributed by atoms with E-state index in [9.17, 15) is 9.59 Å². The van der Waals surface area contributed by atoms with Crippen molar-refractivity contribution in [3.63, 3.8) is 0 Å². The second-order valence-electron chi connectivity index (χ2n) is 3.83. The largest absolute Gasteiger partial charge is 0.368 e. The van der Waals surface area contributed by atoms with Crippen LogP contribution in [0.3, 0.4) is 0 Å². The van der Waals surface area contributed by atoms with Crippen LogP contribution in [-0.2, 0) is 9.59 Å². The molecule has 0 saturated heterocycles. The van der Waals surface area contributed by atoms with Gasteiger partial charge in [0.1, 0.15) is 10.6 Å². The Morgan fingerprint density at radius 2 is 1.84 bits per heavy atom. The maximum Gasteiger partial charge on any atom is 0.237 e. The molecule has 2 heterocycles. The number of primary amides is 2. The van der Waals surface area contributed by atoms with Gasteiger partial charge in [-0.1, -0.05) is 0 Å². The summed E-state index contributed by atoms with van der Waals surface area (Å²) in [6, 6.07) is 1.78. The van der Waals surface area contributed by atoms with Crippen molar-refractivity contribution in [1.29, 1.82) is 0 Å². The first kappa shape index (κ1) is 13.0. The van der Waals surface area contributed by atoms with Gasteiger partial charge in [-0.2, -0.15) is 4.98 Å². The van der Waals surface area contributed by atoms with E-state index < -0.39 is 11.8 Å². The van der Waals surface area contributed by atoms with Crippen molar-refractivity contribution < 1.29 is 9.59 Å². The fourth-order valence-corrected chi connectivity index (χ4v) is 2.44. The topological polar surface area (TPSA) is 141 Å². The van der Waals surface area contributed by atoms with Gasteiger partial charge >= 0.3 is 0 Å². The van der Waals surface area contributed by atoms with Gasteiger partial charge in [0.25, 0.3) is 0 Å². The number of anilines is 2. The van der Waals surface area contributed by atoms with Crippen LogP contribution in [0.15, 0.2) is 11.4 Å². The molecule has 2 amide bonds. The molecular weight excluding hydrogens is 268 g/mol. The van der Waals surface area contributed by atoms with Crippen LogP contribution in [0.25, 0.3) is 10.2 Å². The number of nitrogens with zero attached hydrogens (tertiary/aromatic N) is 3. The number of fused-ring (bicyclic) bond motifs is 1. The van der Waals surface area contributed by atoms with Gasteiger partial charge in [0.15, 0.2) is 0 Å². The van der Waals surface area contributed by atoms with E-state index in [1.165, 1.54) is 16.2 Å². The summed E-state index contributed by atoms with van der Waals surface area (Å²) in [6.07, 6.45) is 0. The summed E-state index contributed by atoms with van der Waals surface area (Å²) in [5.74, 6) is -0.756. The Morgan fingerprint density at radius 3 is 2.42 bits per heavy atom. The Bertz CT molecular complexity index is 624. The molecule has 2 rings (SSSR count). The van der Waals surface area contributed by atoms with E-state index in [1.54, 1.807) is 6.07 Å². The highest BCUT2D eigenvalue weighted by molar-refractivity contribution is 7.16. The number of carbonyl (C=O) groups excluding carboxylic acids is 2. The zero-order chi connectivity index (χ0) is 14.0. The quantitative estimate of drug-likeness (QED) is 0.644. The van der Waals surface area contributed by atoms with E-state index in [4.69, 9.17) is 17.2 Å². The molecule has 0 radical (unpaired) electrons. The fourth-order valence-electron chi connectivity index (χ4n) is 1.68.